The summed E-state index contributed by atoms with van der Waals surface area (Å²) in [5.41, 5.74) is 3.71. The van der Waals surface area contributed by atoms with E-state index >= 15 is 0 Å². The standard InChI is InChI=1S/C12H11BrCl2N2S/c13-12-4-2-8(18-12)6-11(17-16)9-5-7(14)1-3-10(9)15/h1-5,11,17H,6,16H2. The van der Waals surface area contributed by atoms with Gasteiger partial charge in [-0.1, -0.05) is 23.2 Å². The smallest absolute Gasteiger partial charge is 0.0701 e. The number of hydrogen-bond acceptors (Lipinski definition) is 3. The van der Waals surface area contributed by atoms with E-state index in [9.17, 15) is 0 Å². The number of rotatable bonds is 4. The van der Waals surface area contributed by atoms with Crippen molar-refractivity contribution in [3.63, 3.8) is 0 Å². The molecule has 0 saturated carbocycles. The van der Waals surface area contributed by atoms with Gasteiger partial charge in [0.15, 0.2) is 0 Å². The molecule has 18 heavy (non-hydrogen) atoms. The SMILES string of the molecule is NNC(Cc1ccc(Br)s1)c1cc(Cl)ccc1Cl. The van der Waals surface area contributed by atoms with Crippen LogP contribution in [-0.4, -0.2) is 0 Å². The molecular weight excluding hydrogens is 355 g/mol. The molecule has 1 unspecified atom stereocenters. The first-order valence-corrected chi connectivity index (χ1v) is 7.62. The predicted molar refractivity (Wildman–Crippen MR) is 82.2 cm³/mol. The van der Waals surface area contributed by atoms with Crippen LogP contribution in [0.25, 0.3) is 0 Å². The molecule has 0 fully saturated rings. The zero-order valence-corrected chi connectivity index (χ0v) is 13.2. The molecule has 0 aliphatic heterocycles. The Hall–Kier alpha value is -0.100. The van der Waals surface area contributed by atoms with Crippen molar-refractivity contribution in [1.29, 1.82) is 0 Å². The minimum absolute atomic E-state index is 0.0539. The van der Waals surface area contributed by atoms with Crippen LogP contribution >= 0.6 is 50.5 Å². The van der Waals surface area contributed by atoms with Crippen LogP contribution in [-0.2, 0) is 6.42 Å². The van der Waals surface area contributed by atoms with Gasteiger partial charge in [0.1, 0.15) is 0 Å². The van der Waals surface area contributed by atoms with Crippen molar-refractivity contribution in [3.8, 4) is 0 Å². The summed E-state index contributed by atoms with van der Waals surface area (Å²) in [4.78, 5) is 1.22. The molecule has 0 saturated heterocycles. The van der Waals surface area contributed by atoms with Crippen molar-refractivity contribution in [2.45, 2.75) is 12.5 Å². The third-order valence-electron chi connectivity index (χ3n) is 2.57. The molecule has 6 heteroatoms. The van der Waals surface area contributed by atoms with Crippen molar-refractivity contribution < 1.29 is 0 Å². The van der Waals surface area contributed by atoms with E-state index in [2.05, 4.69) is 27.4 Å². The third kappa shape index (κ3) is 3.47. The van der Waals surface area contributed by atoms with Gasteiger partial charge >= 0.3 is 0 Å². The molecule has 0 radical (unpaired) electrons. The third-order valence-corrected chi connectivity index (χ3v) is 4.79. The molecule has 1 aromatic heterocycles. The zero-order chi connectivity index (χ0) is 13.1. The number of benzene rings is 1. The highest BCUT2D eigenvalue weighted by Crippen LogP contribution is 2.31. The normalized spacial score (nSPS) is 12.7. The molecule has 1 atom stereocenters. The van der Waals surface area contributed by atoms with Gasteiger partial charge in [0.05, 0.1) is 9.83 Å². The van der Waals surface area contributed by atoms with Crippen molar-refractivity contribution in [1.82, 2.24) is 5.43 Å². The number of nitrogens with one attached hydrogen (secondary N) is 1. The first-order chi connectivity index (χ1) is 8.60. The summed E-state index contributed by atoms with van der Waals surface area (Å²) in [6.07, 6.45) is 0.771. The fourth-order valence-corrected chi connectivity index (χ4v) is 3.66. The summed E-state index contributed by atoms with van der Waals surface area (Å²) in [6, 6.07) is 9.43. The highest BCUT2D eigenvalue weighted by atomic mass is 79.9. The Balaban J connectivity index is 2.25. The monoisotopic (exact) mass is 364 g/mol. The minimum Gasteiger partial charge on any atom is -0.271 e. The van der Waals surface area contributed by atoms with Crippen molar-refractivity contribution in [3.05, 3.63) is 54.6 Å². The summed E-state index contributed by atoms with van der Waals surface area (Å²) in [5, 5.41) is 1.32. The van der Waals surface area contributed by atoms with Crippen molar-refractivity contribution in [2.24, 2.45) is 5.84 Å². The highest BCUT2D eigenvalue weighted by Gasteiger charge is 2.15. The van der Waals surface area contributed by atoms with Gasteiger partial charge in [0.25, 0.3) is 0 Å². The maximum Gasteiger partial charge on any atom is 0.0701 e. The Bertz CT molecular complexity index is 545. The number of nitrogens with two attached hydrogens (primary N) is 1. The van der Waals surface area contributed by atoms with Gasteiger partial charge in [-0.3, -0.25) is 11.3 Å². The van der Waals surface area contributed by atoms with E-state index in [0.29, 0.717) is 10.0 Å². The van der Waals surface area contributed by atoms with Gasteiger partial charge in [-0.2, -0.15) is 0 Å². The Morgan fingerprint density at radius 1 is 1.28 bits per heavy atom. The summed E-state index contributed by atoms with van der Waals surface area (Å²) in [6.45, 7) is 0. The predicted octanol–water partition coefficient (Wildman–Crippen LogP) is 4.56. The van der Waals surface area contributed by atoms with E-state index in [1.807, 2.05) is 12.1 Å². The van der Waals surface area contributed by atoms with E-state index < -0.39 is 0 Å². The fraction of sp³-hybridized carbons (Fsp3) is 0.167. The topological polar surface area (TPSA) is 38.0 Å². The maximum absolute atomic E-state index is 6.18. The summed E-state index contributed by atoms with van der Waals surface area (Å²) < 4.78 is 1.10. The average molecular weight is 366 g/mol. The van der Waals surface area contributed by atoms with Gasteiger partial charge in [-0.25, -0.2) is 0 Å². The Kier molecular flexibility index (Phi) is 5.06. The molecule has 2 nitrogen and oxygen atoms in total. The summed E-state index contributed by atoms with van der Waals surface area (Å²) in [7, 11) is 0. The van der Waals surface area contributed by atoms with Crippen LogP contribution in [0.3, 0.4) is 0 Å². The molecule has 96 valence electrons. The second-order valence-corrected chi connectivity index (χ2v) is 7.19. The molecule has 0 bridgehead atoms. The second kappa shape index (κ2) is 6.37. The Morgan fingerprint density at radius 2 is 2.06 bits per heavy atom. The molecule has 3 N–H and O–H groups in total. The van der Waals surface area contributed by atoms with E-state index in [-0.39, 0.29) is 6.04 Å². The molecule has 0 aliphatic carbocycles. The quantitative estimate of drug-likeness (QED) is 0.615. The fourth-order valence-electron chi connectivity index (χ4n) is 1.70. The Morgan fingerprint density at radius 3 is 2.67 bits per heavy atom. The molecule has 1 aromatic carbocycles. The van der Waals surface area contributed by atoms with Crippen molar-refractivity contribution >= 4 is 50.5 Å². The summed E-state index contributed by atoms with van der Waals surface area (Å²) >= 11 is 17.3. The largest absolute Gasteiger partial charge is 0.271 e. The van der Waals surface area contributed by atoms with Crippen LogP contribution in [0.2, 0.25) is 10.0 Å². The zero-order valence-electron chi connectivity index (χ0n) is 9.29. The van der Waals surface area contributed by atoms with E-state index in [4.69, 9.17) is 29.0 Å². The Labute approximate surface area is 128 Å². The first kappa shape index (κ1) is 14.3. The molecule has 1 heterocycles. The van der Waals surface area contributed by atoms with Crippen LogP contribution < -0.4 is 11.3 Å². The number of hydrazine groups is 1. The van der Waals surface area contributed by atoms with Crippen LogP contribution in [0.1, 0.15) is 16.5 Å². The van der Waals surface area contributed by atoms with Crippen LogP contribution in [0.15, 0.2) is 34.1 Å². The van der Waals surface area contributed by atoms with Crippen LogP contribution in [0.4, 0.5) is 0 Å². The van der Waals surface area contributed by atoms with Gasteiger partial charge < -0.3 is 0 Å². The molecule has 0 spiro atoms. The van der Waals surface area contributed by atoms with E-state index in [1.165, 1.54) is 4.88 Å². The number of halogens is 3. The lowest BCUT2D eigenvalue weighted by atomic mass is 10.0. The first-order valence-electron chi connectivity index (χ1n) is 5.25. The maximum atomic E-state index is 6.18. The van der Waals surface area contributed by atoms with Crippen molar-refractivity contribution in [2.75, 3.05) is 0 Å². The molecule has 2 rings (SSSR count). The number of hydrogen-bond donors (Lipinski definition) is 2. The number of thiophene rings is 1. The highest BCUT2D eigenvalue weighted by molar-refractivity contribution is 9.11. The van der Waals surface area contributed by atoms with Gasteiger partial charge in [0.2, 0.25) is 0 Å². The second-order valence-electron chi connectivity index (χ2n) is 3.80. The van der Waals surface area contributed by atoms with Gasteiger partial charge in [0, 0.05) is 21.3 Å². The van der Waals surface area contributed by atoms with Gasteiger partial charge in [-0.05, 0) is 51.8 Å². The minimum atomic E-state index is -0.0539. The van der Waals surface area contributed by atoms with Gasteiger partial charge in [-0.15, -0.1) is 11.3 Å². The molecular formula is C12H11BrCl2N2S. The van der Waals surface area contributed by atoms with E-state index in [0.717, 1.165) is 15.8 Å². The summed E-state index contributed by atoms with van der Waals surface area (Å²) in [5.74, 6) is 5.62. The lowest BCUT2D eigenvalue weighted by molar-refractivity contribution is 0.556. The van der Waals surface area contributed by atoms with Crippen LogP contribution in [0, 0.1) is 0 Å². The van der Waals surface area contributed by atoms with E-state index in [1.54, 1.807) is 23.5 Å². The average Bonchev–Trinajstić information content (AvgIpc) is 2.75. The molecule has 2 aromatic rings. The lowest BCUT2D eigenvalue weighted by Gasteiger charge is -2.17. The lowest BCUT2D eigenvalue weighted by Crippen LogP contribution is -2.29. The molecule has 0 amide bonds. The molecule has 0 aliphatic rings. The van der Waals surface area contributed by atoms with Crippen LogP contribution in [0.5, 0.6) is 0 Å².